The van der Waals surface area contributed by atoms with Gasteiger partial charge in [-0.1, -0.05) is 17.7 Å². The molecule has 8 nitrogen and oxygen atoms in total. The maximum absolute atomic E-state index is 12.6. The van der Waals surface area contributed by atoms with Gasteiger partial charge in [0.2, 0.25) is 0 Å². The molecule has 1 amide bonds. The fourth-order valence-corrected chi connectivity index (χ4v) is 4.03. The van der Waals surface area contributed by atoms with Gasteiger partial charge in [0.1, 0.15) is 6.33 Å². The molecule has 0 fully saturated rings. The van der Waals surface area contributed by atoms with Crippen molar-refractivity contribution in [2.75, 3.05) is 16.8 Å². The van der Waals surface area contributed by atoms with Gasteiger partial charge in [-0.05, 0) is 44.5 Å². The smallest absolute Gasteiger partial charge is 0.255 e. The third-order valence-electron chi connectivity index (χ3n) is 5.84. The molecule has 4 heterocycles. The summed E-state index contributed by atoms with van der Waals surface area (Å²) in [6.45, 7) is 7.59. The molecule has 1 aromatic carbocycles. The first-order valence-electron chi connectivity index (χ1n) is 10.3. The predicted molar refractivity (Wildman–Crippen MR) is 118 cm³/mol. The summed E-state index contributed by atoms with van der Waals surface area (Å²) in [7, 11) is 0. The number of pyridine rings is 1. The van der Waals surface area contributed by atoms with Crippen LogP contribution in [0.25, 0.3) is 5.65 Å². The Morgan fingerprint density at radius 2 is 2.00 bits per heavy atom. The molecule has 156 valence electrons. The molecule has 0 saturated heterocycles. The van der Waals surface area contributed by atoms with Crippen LogP contribution in [0.2, 0.25) is 0 Å². The number of hydrogen-bond acceptors (Lipinski definition) is 6. The van der Waals surface area contributed by atoms with Gasteiger partial charge in [-0.25, -0.2) is 0 Å². The number of carbonyl (C=O) groups excluding carboxylic acids is 1. The van der Waals surface area contributed by atoms with E-state index in [1.807, 2.05) is 44.2 Å². The predicted octanol–water partition coefficient (Wildman–Crippen LogP) is 3.26. The highest BCUT2D eigenvalue weighted by Crippen LogP contribution is 2.28. The van der Waals surface area contributed by atoms with Crippen LogP contribution in [0.4, 0.5) is 11.5 Å². The summed E-state index contributed by atoms with van der Waals surface area (Å²) in [4.78, 5) is 19.5. The fourth-order valence-electron chi connectivity index (χ4n) is 4.03. The molecule has 0 spiro atoms. The second kappa shape index (κ2) is 7.46. The Bertz CT molecular complexity index is 1310. The summed E-state index contributed by atoms with van der Waals surface area (Å²) in [5.74, 6) is 0.786. The fraction of sp³-hybridized carbons (Fsp3) is 0.261. The van der Waals surface area contributed by atoms with Crippen molar-refractivity contribution in [2.45, 2.75) is 33.7 Å². The third-order valence-corrected chi connectivity index (χ3v) is 5.84. The summed E-state index contributed by atoms with van der Waals surface area (Å²) in [6.07, 6.45) is 4.19. The quantitative estimate of drug-likeness (QED) is 0.555. The molecular formula is C23H23N7O. The van der Waals surface area contributed by atoms with E-state index in [1.165, 1.54) is 0 Å². The van der Waals surface area contributed by atoms with Gasteiger partial charge in [0.15, 0.2) is 11.5 Å². The van der Waals surface area contributed by atoms with Crippen LogP contribution >= 0.6 is 0 Å². The van der Waals surface area contributed by atoms with Crippen molar-refractivity contribution in [1.82, 2.24) is 24.8 Å². The molecule has 0 saturated carbocycles. The summed E-state index contributed by atoms with van der Waals surface area (Å²) >= 11 is 0. The lowest BCUT2D eigenvalue weighted by Crippen LogP contribution is -2.33. The first kappa shape index (κ1) is 19.2. The average Bonchev–Trinajstić information content (AvgIpc) is 3.24. The minimum Gasteiger partial charge on any atom is -0.350 e. The minimum absolute atomic E-state index is 0.135. The summed E-state index contributed by atoms with van der Waals surface area (Å²) in [5, 5.41) is 15.8. The largest absolute Gasteiger partial charge is 0.350 e. The maximum Gasteiger partial charge on any atom is 0.255 e. The van der Waals surface area contributed by atoms with Crippen molar-refractivity contribution in [1.29, 1.82) is 0 Å². The normalized spacial score (nSPS) is 13.3. The average molecular weight is 413 g/mol. The van der Waals surface area contributed by atoms with Gasteiger partial charge >= 0.3 is 0 Å². The van der Waals surface area contributed by atoms with E-state index < -0.39 is 0 Å². The van der Waals surface area contributed by atoms with Gasteiger partial charge in [0, 0.05) is 41.9 Å². The van der Waals surface area contributed by atoms with E-state index in [-0.39, 0.29) is 5.91 Å². The molecular weight excluding hydrogens is 390 g/mol. The zero-order valence-electron chi connectivity index (χ0n) is 17.8. The highest BCUT2D eigenvalue weighted by Gasteiger charge is 2.23. The minimum atomic E-state index is -0.135. The lowest BCUT2D eigenvalue weighted by Gasteiger charge is -2.30. The molecule has 0 unspecified atom stereocenters. The number of carbonyl (C=O) groups is 1. The molecule has 1 N–H and O–H groups in total. The van der Waals surface area contributed by atoms with Crippen molar-refractivity contribution < 1.29 is 4.79 Å². The zero-order valence-corrected chi connectivity index (χ0v) is 17.8. The van der Waals surface area contributed by atoms with Gasteiger partial charge < -0.3 is 10.2 Å². The highest BCUT2D eigenvalue weighted by molar-refractivity contribution is 6.04. The lowest BCUT2D eigenvalue weighted by molar-refractivity contribution is 0.102. The first-order chi connectivity index (χ1) is 15.0. The number of fused-ring (bicyclic) bond motifs is 2. The zero-order chi connectivity index (χ0) is 21.5. The summed E-state index contributed by atoms with van der Waals surface area (Å²) in [5.41, 5.74) is 7.49. The van der Waals surface area contributed by atoms with E-state index in [4.69, 9.17) is 5.10 Å². The van der Waals surface area contributed by atoms with E-state index >= 15 is 0 Å². The van der Waals surface area contributed by atoms with E-state index in [0.29, 0.717) is 17.8 Å². The number of amides is 1. The van der Waals surface area contributed by atoms with Gasteiger partial charge in [-0.2, -0.15) is 4.52 Å². The van der Waals surface area contributed by atoms with Crippen LogP contribution in [0, 0.1) is 20.8 Å². The van der Waals surface area contributed by atoms with E-state index in [9.17, 15) is 4.79 Å². The second-order valence-electron chi connectivity index (χ2n) is 8.00. The highest BCUT2D eigenvalue weighted by atomic mass is 16.1. The standard InChI is InChI=1S/C23H23N7O/c1-14-5-4-6-17(9-14)23(31)26-19-10-18-12-29(8-7-20(18)24-11-19)22-16(3)15(2)21-27-25-13-30(21)28-22/h4-6,9-11,13H,7-8,12H2,1-3H3,(H,26,31). The van der Waals surface area contributed by atoms with Crippen molar-refractivity contribution in [3.8, 4) is 0 Å². The van der Waals surface area contributed by atoms with E-state index in [0.717, 1.165) is 52.4 Å². The Morgan fingerprint density at radius 3 is 2.84 bits per heavy atom. The Kier molecular flexibility index (Phi) is 4.62. The SMILES string of the molecule is Cc1cccc(C(=O)Nc2cnc3c(c2)CN(c2nn4cnnc4c(C)c2C)CC3)c1. The van der Waals surface area contributed by atoms with Crippen LogP contribution in [-0.4, -0.2) is 37.2 Å². The third kappa shape index (κ3) is 3.50. The Balaban J connectivity index is 1.41. The van der Waals surface area contributed by atoms with Crippen molar-refractivity contribution in [3.63, 3.8) is 0 Å². The molecule has 4 aromatic rings. The Hall–Kier alpha value is -3.81. The van der Waals surface area contributed by atoms with Crippen molar-refractivity contribution in [3.05, 3.63) is 76.4 Å². The second-order valence-corrected chi connectivity index (χ2v) is 8.00. The van der Waals surface area contributed by atoms with Gasteiger partial charge in [0.05, 0.1) is 11.9 Å². The molecule has 31 heavy (non-hydrogen) atoms. The van der Waals surface area contributed by atoms with Crippen LogP contribution in [-0.2, 0) is 13.0 Å². The Labute approximate surface area is 179 Å². The van der Waals surface area contributed by atoms with Crippen LogP contribution in [0.5, 0.6) is 0 Å². The van der Waals surface area contributed by atoms with E-state index in [2.05, 4.69) is 32.3 Å². The molecule has 5 rings (SSSR count). The summed E-state index contributed by atoms with van der Waals surface area (Å²) < 4.78 is 1.73. The first-order valence-corrected chi connectivity index (χ1v) is 10.3. The number of rotatable bonds is 3. The molecule has 0 bridgehead atoms. The molecule has 0 radical (unpaired) electrons. The van der Waals surface area contributed by atoms with Crippen molar-refractivity contribution in [2.24, 2.45) is 0 Å². The number of benzene rings is 1. The number of hydrogen-bond donors (Lipinski definition) is 1. The molecule has 0 atom stereocenters. The lowest BCUT2D eigenvalue weighted by atomic mass is 10.0. The Morgan fingerprint density at radius 1 is 1.13 bits per heavy atom. The monoisotopic (exact) mass is 413 g/mol. The van der Waals surface area contributed by atoms with Gasteiger partial charge in [-0.15, -0.1) is 15.3 Å². The summed E-state index contributed by atoms with van der Waals surface area (Å²) in [6, 6.07) is 9.56. The van der Waals surface area contributed by atoms with Crippen LogP contribution in [0.3, 0.4) is 0 Å². The molecule has 0 aliphatic carbocycles. The van der Waals surface area contributed by atoms with Crippen LogP contribution in [0.1, 0.15) is 38.3 Å². The van der Waals surface area contributed by atoms with E-state index in [1.54, 1.807) is 17.0 Å². The maximum atomic E-state index is 12.6. The molecule has 8 heteroatoms. The van der Waals surface area contributed by atoms with Crippen LogP contribution in [0.15, 0.2) is 42.9 Å². The number of anilines is 2. The molecule has 1 aliphatic rings. The number of nitrogens with one attached hydrogen (secondary N) is 1. The topological polar surface area (TPSA) is 88.3 Å². The molecule has 3 aromatic heterocycles. The van der Waals surface area contributed by atoms with Gasteiger partial charge in [0.25, 0.3) is 5.91 Å². The number of nitrogens with zero attached hydrogens (tertiary/aromatic N) is 6. The number of aromatic nitrogens is 5. The van der Waals surface area contributed by atoms with Crippen LogP contribution < -0.4 is 10.2 Å². The van der Waals surface area contributed by atoms with Gasteiger partial charge in [-0.3, -0.25) is 9.78 Å². The molecule has 1 aliphatic heterocycles. The number of aryl methyl sites for hydroxylation is 2. The van der Waals surface area contributed by atoms with Crippen molar-refractivity contribution >= 4 is 23.1 Å².